The van der Waals surface area contributed by atoms with Gasteiger partial charge in [-0.2, -0.15) is 5.26 Å². The molecule has 8 nitrogen and oxygen atoms in total. The topological polar surface area (TPSA) is 106 Å². The molecule has 0 spiro atoms. The van der Waals surface area contributed by atoms with Crippen LogP contribution in [0, 0.1) is 17.2 Å². The number of ether oxygens (including phenoxy) is 1. The summed E-state index contributed by atoms with van der Waals surface area (Å²) < 4.78 is 7.20. The smallest absolute Gasteiger partial charge is 0.332 e. The molecule has 1 heterocycles. The molecule has 0 bridgehead atoms. The minimum Gasteiger partial charge on any atom is -0.466 e. The lowest BCUT2D eigenvalue weighted by Crippen LogP contribution is -2.40. The van der Waals surface area contributed by atoms with Gasteiger partial charge in [0.15, 0.2) is 5.56 Å². The predicted molar refractivity (Wildman–Crippen MR) is 100 cm³/mol. The van der Waals surface area contributed by atoms with Crippen LogP contribution in [0.3, 0.4) is 0 Å². The summed E-state index contributed by atoms with van der Waals surface area (Å²) in [5.74, 6) is -0.841. The first-order valence-corrected chi connectivity index (χ1v) is 8.55. The van der Waals surface area contributed by atoms with Crippen LogP contribution < -0.4 is 16.6 Å². The lowest BCUT2D eigenvalue weighted by Gasteiger charge is -2.19. The second-order valence-electron chi connectivity index (χ2n) is 6.06. The fraction of sp³-hybridized carbons (Fsp3) is 0.368. The fourth-order valence-electron chi connectivity index (χ4n) is 2.77. The fourth-order valence-corrected chi connectivity index (χ4v) is 2.77. The standard InChI is InChI=1S/C19H22N4O4/c1-4-27-18(25)14(10-13-8-6-5-7-9-13)12-21-16-15(11-20)17(24)23(3)19(26)22(16)2/h5-9,14,21H,4,10,12H2,1-3H3/t14-/m1/s1. The van der Waals surface area contributed by atoms with Crippen LogP contribution in [-0.2, 0) is 30.0 Å². The number of nitriles is 1. The summed E-state index contributed by atoms with van der Waals surface area (Å²) >= 11 is 0. The maximum absolute atomic E-state index is 12.3. The summed E-state index contributed by atoms with van der Waals surface area (Å²) in [4.78, 5) is 36.6. The Morgan fingerprint density at radius 2 is 1.89 bits per heavy atom. The molecule has 0 amide bonds. The molecule has 0 aliphatic heterocycles. The van der Waals surface area contributed by atoms with Gasteiger partial charge in [-0.25, -0.2) is 4.79 Å². The quantitative estimate of drug-likeness (QED) is 0.722. The minimum absolute atomic E-state index is 0.0907. The van der Waals surface area contributed by atoms with Crippen molar-refractivity contribution in [1.82, 2.24) is 9.13 Å². The lowest BCUT2D eigenvalue weighted by molar-refractivity contribution is -0.147. The van der Waals surface area contributed by atoms with Crippen LogP contribution in [0.15, 0.2) is 39.9 Å². The molecule has 1 N–H and O–H groups in total. The third-order valence-electron chi connectivity index (χ3n) is 4.24. The van der Waals surface area contributed by atoms with E-state index in [0.717, 1.165) is 10.1 Å². The monoisotopic (exact) mass is 370 g/mol. The molecule has 2 aromatic rings. The number of nitrogens with zero attached hydrogens (tertiary/aromatic N) is 3. The number of aromatic nitrogens is 2. The van der Waals surface area contributed by atoms with Gasteiger partial charge in [-0.15, -0.1) is 0 Å². The molecule has 0 saturated carbocycles. The Labute approximate surface area is 156 Å². The van der Waals surface area contributed by atoms with E-state index in [1.807, 2.05) is 36.4 Å². The Morgan fingerprint density at radius 3 is 2.48 bits per heavy atom. The highest BCUT2D eigenvalue weighted by molar-refractivity contribution is 5.73. The normalized spacial score (nSPS) is 11.5. The second-order valence-corrected chi connectivity index (χ2v) is 6.06. The number of rotatable bonds is 7. The molecule has 0 unspecified atom stereocenters. The third-order valence-corrected chi connectivity index (χ3v) is 4.24. The number of anilines is 1. The average molecular weight is 370 g/mol. The number of nitrogens with one attached hydrogen (secondary N) is 1. The van der Waals surface area contributed by atoms with Gasteiger partial charge in [0.2, 0.25) is 0 Å². The van der Waals surface area contributed by atoms with E-state index in [2.05, 4.69) is 5.32 Å². The van der Waals surface area contributed by atoms with E-state index in [1.165, 1.54) is 18.7 Å². The van der Waals surface area contributed by atoms with Gasteiger partial charge in [0.05, 0.1) is 12.5 Å². The Kier molecular flexibility index (Phi) is 6.55. The Morgan fingerprint density at radius 1 is 1.22 bits per heavy atom. The molecule has 1 aromatic heterocycles. The van der Waals surface area contributed by atoms with E-state index in [1.54, 1.807) is 6.92 Å². The van der Waals surface area contributed by atoms with Crippen LogP contribution >= 0.6 is 0 Å². The van der Waals surface area contributed by atoms with Gasteiger partial charge in [0.1, 0.15) is 11.9 Å². The molecule has 27 heavy (non-hydrogen) atoms. The van der Waals surface area contributed by atoms with Crippen molar-refractivity contribution >= 4 is 11.8 Å². The minimum atomic E-state index is -0.682. The van der Waals surface area contributed by atoms with Gasteiger partial charge in [0, 0.05) is 20.6 Å². The zero-order valence-corrected chi connectivity index (χ0v) is 15.6. The van der Waals surface area contributed by atoms with Gasteiger partial charge in [-0.05, 0) is 18.9 Å². The van der Waals surface area contributed by atoms with Crippen LogP contribution in [0.25, 0.3) is 0 Å². The molecular weight excluding hydrogens is 348 g/mol. The molecule has 2 rings (SSSR count). The van der Waals surface area contributed by atoms with E-state index in [0.29, 0.717) is 6.42 Å². The zero-order valence-electron chi connectivity index (χ0n) is 15.6. The Hall–Kier alpha value is -3.34. The Balaban J connectivity index is 2.32. The zero-order chi connectivity index (χ0) is 20.0. The van der Waals surface area contributed by atoms with Crippen molar-refractivity contribution in [3.05, 3.63) is 62.3 Å². The molecular formula is C19H22N4O4. The molecule has 0 saturated heterocycles. The number of esters is 1. The van der Waals surface area contributed by atoms with Crippen LogP contribution in [0.4, 0.5) is 5.82 Å². The van der Waals surface area contributed by atoms with Crippen molar-refractivity contribution in [2.24, 2.45) is 20.0 Å². The Bertz CT molecular complexity index is 970. The van der Waals surface area contributed by atoms with E-state index in [4.69, 9.17) is 4.74 Å². The van der Waals surface area contributed by atoms with Gasteiger partial charge < -0.3 is 10.1 Å². The SMILES string of the molecule is CCOC(=O)[C@@H](CNc1c(C#N)c(=O)n(C)c(=O)n1C)Cc1ccccc1. The van der Waals surface area contributed by atoms with E-state index in [-0.39, 0.29) is 30.5 Å². The molecule has 1 atom stereocenters. The van der Waals surface area contributed by atoms with Crippen LogP contribution in [-0.4, -0.2) is 28.3 Å². The summed E-state index contributed by atoms with van der Waals surface area (Å²) in [5.41, 5.74) is -0.464. The van der Waals surface area contributed by atoms with Crippen molar-refractivity contribution in [1.29, 1.82) is 5.26 Å². The maximum Gasteiger partial charge on any atom is 0.332 e. The van der Waals surface area contributed by atoms with Crippen molar-refractivity contribution in [2.45, 2.75) is 13.3 Å². The van der Waals surface area contributed by atoms with Gasteiger partial charge in [-0.3, -0.25) is 18.7 Å². The summed E-state index contributed by atoms with van der Waals surface area (Å²) in [5, 5.41) is 12.2. The maximum atomic E-state index is 12.3. The van der Waals surface area contributed by atoms with Crippen molar-refractivity contribution in [3.8, 4) is 6.07 Å². The first-order chi connectivity index (χ1) is 12.9. The predicted octanol–water partition coefficient (Wildman–Crippen LogP) is 0.790. The van der Waals surface area contributed by atoms with Crippen molar-refractivity contribution < 1.29 is 9.53 Å². The van der Waals surface area contributed by atoms with E-state index < -0.39 is 17.2 Å². The summed E-state index contributed by atoms with van der Waals surface area (Å²) in [6.45, 7) is 2.09. The molecule has 0 aliphatic rings. The molecule has 8 heteroatoms. The summed E-state index contributed by atoms with van der Waals surface area (Å²) in [6, 6.07) is 11.3. The highest BCUT2D eigenvalue weighted by Crippen LogP contribution is 2.14. The second kappa shape index (κ2) is 8.85. The van der Waals surface area contributed by atoms with Crippen LogP contribution in [0.1, 0.15) is 18.1 Å². The summed E-state index contributed by atoms with van der Waals surface area (Å²) in [6.07, 6.45) is 0.424. The van der Waals surface area contributed by atoms with Crippen LogP contribution in [0.2, 0.25) is 0 Å². The van der Waals surface area contributed by atoms with E-state index >= 15 is 0 Å². The van der Waals surface area contributed by atoms with Gasteiger partial charge in [-0.1, -0.05) is 30.3 Å². The molecule has 142 valence electrons. The molecule has 0 radical (unpaired) electrons. The van der Waals surface area contributed by atoms with Gasteiger partial charge in [0.25, 0.3) is 5.56 Å². The van der Waals surface area contributed by atoms with E-state index in [9.17, 15) is 19.6 Å². The summed E-state index contributed by atoms with van der Waals surface area (Å²) in [7, 11) is 2.77. The third kappa shape index (κ3) is 4.44. The highest BCUT2D eigenvalue weighted by Gasteiger charge is 2.22. The molecule has 0 aliphatic carbocycles. The number of carbonyl (C=O) groups is 1. The highest BCUT2D eigenvalue weighted by atomic mass is 16.5. The first-order valence-electron chi connectivity index (χ1n) is 8.55. The van der Waals surface area contributed by atoms with Crippen LogP contribution in [0.5, 0.6) is 0 Å². The lowest BCUT2D eigenvalue weighted by atomic mass is 9.99. The molecule has 1 aromatic carbocycles. The largest absolute Gasteiger partial charge is 0.466 e. The number of carbonyl (C=O) groups excluding carboxylic acids is 1. The molecule has 0 fully saturated rings. The number of hydrogen-bond donors (Lipinski definition) is 1. The first kappa shape index (κ1) is 20.0. The number of hydrogen-bond acceptors (Lipinski definition) is 6. The van der Waals surface area contributed by atoms with Crippen molar-refractivity contribution in [3.63, 3.8) is 0 Å². The average Bonchev–Trinajstić information content (AvgIpc) is 2.68. The number of benzene rings is 1. The van der Waals surface area contributed by atoms with Crippen molar-refractivity contribution in [2.75, 3.05) is 18.5 Å². The van der Waals surface area contributed by atoms with Gasteiger partial charge >= 0.3 is 11.7 Å².